The Labute approximate surface area is 124 Å². The van der Waals surface area contributed by atoms with Crippen molar-refractivity contribution in [3.63, 3.8) is 0 Å². The molecule has 0 spiro atoms. The minimum absolute atomic E-state index is 0.00712. The van der Waals surface area contributed by atoms with Crippen LogP contribution in [0.15, 0.2) is 24.3 Å². The normalized spacial score (nSPS) is 14.0. The summed E-state index contributed by atoms with van der Waals surface area (Å²) < 4.78 is 5.38. The molecule has 0 atom stereocenters. The number of amides is 2. The van der Waals surface area contributed by atoms with Gasteiger partial charge in [-0.05, 0) is 25.0 Å². The van der Waals surface area contributed by atoms with Crippen molar-refractivity contribution in [2.45, 2.75) is 12.8 Å². The highest BCUT2D eigenvalue weighted by atomic mass is 16.5. The van der Waals surface area contributed by atoms with E-state index in [1.54, 1.807) is 36.2 Å². The molecule has 6 heteroatoms. The second-order valence-electron chi connectivity index (χ2n) is 5.20. The van der Waals surface area contributed by atoms with E-state index in [9.17, 15) is 9.59 Å². The summed E-state index contributed by atoms with van der Waals surface area (Å²) in [7, 11) is 1.61. The molecule has 0 bridgehead atoms. The van der Waals surface area contributed by atoms with Gasteiger partial charge in [0.1, 0.15) is 5.75 Å². The maximum Gasteiger partial charge on any atom is 0.260 e. The quantitative estimate of drug-likeness (QED) is 0.811. The number of likely N-dealkylation sites (N-methyl/N-ethyl adjacent to an activating group) is 1. The fourth-order valence-corrected chi connectivity index (χ4v) is 2.22. The molecule has 1 aliphatic rings. The Morgan fingerprint density at radius 1 is 1.33 bits per heavy atom. The summed E-state index contributed by atoms with van der Waals surface area (Å²) in [6.07, 6.45) is 2.09. The second-order valence-corrected chi connectivity index (χ2v) is 5.20. The van der Waals surface area contributed by atoms with Crippen LogP contribution >= 0.6 is 0 Å². The minimum Gasteiger partial charge on any atom is -0.484 e. The van der Waals surface area contributed by atoms with Crippen LogP contribution in [0.2, 0.25) is 0 Å². The average Bonchev–Trinajstić information content (AvgIpc) is 2.99. The number of anilines is 1. The fraction of sp³-hybridized carbons (Fsp3) is 0.467. The monoisotopic (exact) mass is 291 g/mol. The molecule has 0 saturated carbocycles. The van der Waals surface area contributed by atoms with E-state index in [0.29, 0.717) is 11.4 Å². The zero-order chi connectivity index (χ0) is 15.2. The van der Waals surface area contributed by atoms with E-state index in [0.717, 1.165) is 25.9 Å². The van der Waals surface area contributed by atoms with E-state index in [-0.39, 0.29) is 25.0 Å². The standard InChI is InChI=1S/C15H21N3O3/c1-17(10-14(19)18-7-2-3-8-18)15(20)11-21-13-6-4-5-12(16)9-13/h4-6,9H,2-3,7-8,10-11,16H2,1H3. The number of rotatable bonds is 5. The molecule has 0 unspecified atom stereocenters. The SMILES string of the molecule is CN(CC(=O)N1CCCC1)C(=O)COc1cccc(N)c1. The first kappa shape index (κ1) is 15.2. The number of nitrogen functional groups attached to an aromatic ring is 1. The molecular weight excluding hydrogens is 270 g/mol. The number of nitrogens with two attached hydrogens (primary N) is 1. The largest absolute Gasteiger partial charge is 0.484 e. The van der Waals surface area contributed by atoms with Crippen molar-refractivity contribution in [1.82, 2.24) is 9.80 Å². The van der Waals surface area contributed by atoms with Crippen LogP contribution in [0.5, 0.6) is 5.75 Å². The molecule has 1 heterocycles. The summed E-state index contributed by atoms with van der Waals surface area (Å²) >= 11 is 0. The Morgan fingerprint density at radius 3 is 2.71 bits per heavy atom. The Morgan fingerprint density at radius 2 is 2.05 bits per heavy atom. The van der Waals surface area contributed by atoms with Gasteiger partial charge in [-0.3, -0.25) is 9.59 Å². The lowest BCUT2D eigenvalue weighted by Crippen LogP contribution is -2.41. The Hall–Kier alpha value is -2.24. The fourth-order valence-electron chi connectivity index (χ4n) is 2.22. The van der Waals surface area contributed by atoms with Gasteiger partial charge in [0.15, 0.2) is 6.61 Å². The highest BCUT2D eigenvalue weighted by molar-refractivity contribution is 5.85. The molecule has 1 saturated heterocycles. The van der Waals surface area contributed by atoms with Gasteiger partial charge in [0.05, 0.1) is 6.54 Å². The summed E-state index contributed by atoms with van der Waals surface area (Å²) in [5, 5.41) is 0. The number of carbonyl (C=O) groups excluding carboxylic acids is 2. The highest BCUT2D eigenvalue weighted by Gasteiger charge is 2.21. The lowest BCUT2D eigenvalue weighted by atomic mass is 10.3. The van der Waals surface area contributed by atoms with E-state index in [2.05, 4.69) is 0 Å². The van der Waals surface area contributed by atoms with Gasteiger partial charge in [-0.25, -0.2) is 0 Å². The van der Waals surface area contributed by atoms with Crippen LogP contribution in [-0.4, -0.2) is 54.9 Å². The summed E-state index contributed by atoms with van der Waals surface area (Å²) in [6, 6.07) is 6.90. The van der Waals surface area contributed by atoms with Crippen LogP contribution in [0.25, 0.3) is 0 Å². The highest BCUT2D eigenvalue weighted by Crippen LogP contribution is 2.14. The number of hydrogen-bond acceptors (Lipinski definition) is 4. The van der Waals surface area contributed by atoms with Crippen LogP contribution in [0.4, 0.5) is 5.69 Å². The molecule has 2 amide bonds. The Bertz CT molecular complexity index is 513. The maximum absolute atomic E-state index is 12.0. The van der Waals surface area contributed by atoms with Gasteiger partial charge in [0, 0.05) is 31.9 Å². The number of carbonyl (C=O) groups is 2. The first-order valence-electron chi connectivity index (χ1n) is 7.06. The molecule has 6 nitrogen and oxygen atoms in total. The van der Waals surface area contributed by atoms with E-state index in [1.165, 1.54) is 4.90 Å². The van der Waals surface area contributed by atoms with Crippen LogP contribution < -0.4 is 10.5 Å². The van der Waals surface area contributed by atoms with Crippen molar-refractivity contribution < 1.29 is 14.3 Å². The van der Waals surface area contributed by atoms with Crippen LogP contribution in [0.3, 0.4) is 0 Å². The first-order chi connectivity index (χ1) is 10.1. The van der Waals surface area contributed by atoms with Crippen LogP contribution in [-0.2, 0) is 9.59 Å². The molecule has 0 radical (unpaired) electrons. The smallest absolute Gasteiger partial charge is 0.260 e. The third kappa shape index (κ3) is 4.37. The predicted octanol–water partition coefficient (Wildman–Crippen LogP) is 0.728. The zero-order valence-corrected chi connectivity index (χ0v) is 12.2. The van der Waals surface area contributed by atoms with Gasteiger partial charge in [0.2, 0.25) is 5.91 Å². The van der Waals surface area contributed by atoms with Gasteiger partial charge in [-0.1, -0.05) is 6.07 Å². The number of hydrogen-bond donors (Lipinski definition) is 1. The molecule has 1 aliphatic heterocycles. The predicted molar refractivity (Wildman–Crippen MR) is 79.8 cm³/mol. The molecule has 0 aromatic heterocycles. The van der Waals surface area contributed by atoms with Crippen LogP contribution in [0.1, 0.15) is 12.8 Å². The molecular formula is C15H21N3O3. The maximum atomic E-state index is 12.0. The van der Waals surface area contributed by atoms with Gasteiger partial charge < -0.3 is 20.3 Å². The minimum atomic E-state index is -0.232. The summed E-state index contributed by atoms with van der Waals surface area (Å²) in [6.45, 7) is 1.58. The van der Waals surface area contributed by atoms with E-state index in [4.69, 9.17) is 10.5 Å². The van der Waals surface area contributed by atoms with Gasteiger partial charge in [-0.2, -0.15) is 0 Å². The average molecular weight is 291 g/mol. The number of likely N-dealkylation sites (tertiary alicyclic amines) is 1. The lowest BCUT2D eigenvalue weighted by molar-refractivity contribution is -0.139. The first-order valence-corrected chi connectivity index (χ1v) is 7.06. The lowest BCUT2D eigenvalue weighted by Gasteiger charge is -2.21. The van der Waals surface area contributed by atoms with E-state index in [1.807, 2.05) is 0 Å². The number of nitrogens with zero attached hydrogens (tertiary/aromatic N) is 2. The van der Waals surface area contributed by atoms with Gasteiger partial charge in [-0.15, -0.1) is 0 Å². The van der Waals surface area contributed by atoms with Gasteiger partial charge in [0.25, 0.3) is 5.91 Å². The molecule has 0 aliphatic carbocycles. The Kier molecular flexibility index (Phi) is 5.03. The molecule has 1 aromatic carbocycles. The summed E-state index contributed by atoms with van der Waals surface area (Å²) in [5.74, 6) is 0.305. The summed E-state index contributed by atoms with van der Waals surface area (Å²) in [4.78, 5) is 27.1. The zero-order valence-electron chi connectivity index (χ0n) is 12.2. The molecule has 1 aromatic rings. The Balaban J connectivity index is 1.78. The van der Waals surface area contributed by atoms with Crippen molar-refractivity contribution >= 4 is 17.5 Å². The second kappa shape index (κ2) is 6.97. The van der Waals surface area contributed by atoms with Crippen molar-refractivity contribution in [1.29, 1.82) is 0 Å². The van der Waals surface area contributed by atoms with Crippen molar-refractivity contribution in [2.75, 3.05) is 39.0 Å². The number of ether oxygens (including phenoxy) is 1. The number of benzene rings is 1. The van der Waals surface area contributed by atoms with Crippen LogP contribution in [0, 0.1) is 0 Å². The topological polar surface area (TPSA) is 75.9 Å². The van der Waals surface area contributed by atoms with Crippen molar-refractivity contribution in [2.24, 2.45) is 0 Å². The van der Waals surface area contributed by atoms with Crippen molar-refractivity contribution in [3.8, 4) is 5.75 Å². The molecule has 1 fully saturated rings. The molecule has 21 heavy (non-hydrogen) atoms. The summed E-state index contributed by atoms with van der Waals surface area (Å²) in [5.41, 5.74) is 6.22. The third-order valence-electron chi connectivity index (χ3n) is 3.48. The van der Waals surface area contributed by atoms with Gasteiger partial charge >= 0.3 is 0 Å². The third-order valence-corrected chi connectivity index (χ3v) is 3.48. The molecule has 2 N–H and O–H groups in total. The molecule has 114 valence electrons. The van der Waals surface area contributed by atoms with Crippen molar-refractivity contribution in [3.05, 3.63) is 24.3 Å². The molecule has 2 rings (SSSR count). The van der Waals surface area contributed by atoms with E-state index >= 15 is 0 Å². The van der Waals surface area contributed by atoms with E-state index < -0.39 is 0 Å².